The standard InChI is InChI=1S/C14H14N2O3/c1-3-10(17)11-13(18)12(15-16(2)14(11)19)9-7-5-4-6-8-9/h4-8,18H,3H2,1-2H3. The average Bonchev–Trinajstić information content (AvgIpc) is 2.43. The van der Waals surface area contributed by atoms with E-state index in [0.29, 0.717) is 5.56 Å². The van der Waals surface area contributed by atoms with Gasteiger partial charge in [0.2, 0.25) is 0 Å². The van der Waals surface area contributed by atoms with Gasteiger partial charge < -0.3 is 5.11 Å². The first-order valence-electron chi connectivity index (χ1n) is 5.95. The van der Waals surface area contributed by atoms with Crippen LogP contribution in [0.2, 0.25) is 0 Å². The Labute approximate surface area is 110 Å². The summed E-state index contributed by atoms with van der Waals surface area (Å²) in [4.78, 5) is 23.7. The van der Waals surface area contributed by atoms with Gasteiger partial charge in [-0.15, -0.1) is 0 Å². The van der Waals surface area contributed by atoms with Crippen LogP contribution < -0.4 is 5.56 Å². The minimum Gasteiger partial charge on any atom is -0.505 e. The number of benzene rings is 1. The number of carbonyl (C=O) groups excluding carboxylic acids is 1. The van der Waals surface area contributed by atoms with Crippen LogP contribution in [-0.2, 0) is 7.05 Å². The van der Waals surface area contributed by atoms with Crippen LogP contribution >= 0.6 is 0 Å². The smallest absolute Gasteiger partial charge is 0.281 e. The lowest BCUT2D eigenvalue weighted by molar-refractivity contribution is 0.0983. The van der Waals surface area contributed by atoms with Crippen LogP contribution in [0.15, 0.2) is 35.1 Å². The first-order chi connectivity index (χ1) is 9.06. The lowest BCUT2D eigenvalue weighted by Gasteiger charge is -2.09. The highest BCUT2D eigenvalue weighted by atomic mass is 16.3. The van der Waals surface area contributed by atoms with E-state index in [1.54, 1.807) is 31.2 Å². The molecule has 0 spiro atoms. The number of aryl methyl sites for hydroxylation is 1. The van der Waals surface area contributed by atoms with E-state index in [4.69, 9.17) is 0 Å². The van der Waals surface area contributed by atoms with E-state index in [0.717, 1.165) is 4.68 Å². The number of rotatable bonds is 3. The summed E-state index contributed by atoms with van der Waals surface area (Å²) in [6, 6.07) is 8.94. The van der Waals surface area contributed by atoms with Crippen molar-refractivity contribution in [1.29, 1.82) is 0 Å². The van der Waals surface area contributed by atoms with Gasteiger partial charge in [-0.25, -0.2) is 4.68 Å². The number of aromatic nitrogens is 2. The Balaban J connectivity index is 2.75. The molecule has 19 heavy (non-hydrogen) atoms. The number of carbonyl (C=O) groups is 1. The summed E-state index contributed by atoms with van der Waals surface area (Å²) in [7, 11) is 1.46. The van der Waals surface area contributed by atoms with E-state index >= 15 is 0 Å². The van der Waals surface area contributed by atoms with Crippen LogP contribution in [0.25, 0.3) is 11.3 Å². The van der Waals surface area contributed by atoms with Crippen molar-refractivity contribution >= 4 is 5.78 Å². The second kappa shape index (κ2) is 5.06. The Morgan fingerprint density at radius 1 is 1.32 bits per heavy atom. The monoisotopic (exact) mass is 258 g/mol. The first-order valence-corrected chi connectivity index (χ1v) is 5.95. The van der Waals surface area contributed by atoms with Crippen molar-refractivity contribution in [3.05, 3.63) is 46.2 Å². The van der Waals surface area contributed by atoms with E-state index in [1.165, 1.54) is 7.05 Å². The topological polar surface area (TPSA) is 72.2 Å². The molecular formula is C14H14N2O3. The second-order valence-corrected chi connectivity index (χ2v) is 4.14. The van der Waals surface area contributed by atoms with Gasteiger partial charge in [-0.05, 0) is 0 Å². The summed E-state index contributed by atoms with van der Waals surface area (Å²) >= 11 is 0. The van der Waals surface area contributed by atoms with Crippen LogP contribution in [0, 0.1) is 0 Å². The van der Waals surface area contributed by atoms with Crippen molar-refractivity contribution < 1.29 is 9.90 Å². The maximum atomic E-state index is 11.9. The highest BCUT2D eigenvalue weighted by Crippen LogP contribution is 2.28. The van der Waals surface area contributed by atoms with Crippen LogP contribution in [-0.4, -0.2) is 20.7 Å². The molecule has 0 radical (unpaired) electrons. The third-order valence-corrected chi connectivity index (χ3v) is 2.87. The molecule has 2 rings (SSSR count). The Bertz CT molecular complexity index is 675. The van der Waals surface area contributed by atoms with E-state index in [2.05, 4.69) is 5.10 Å². The van der Waals surface area contributed by atoms with Crippen LogP contribution in [0.3, 0.4) is 0 Å². The fraction of sp³-hybridized carbons (Fsp3) is 0.214. The van der Waals surface area contributed by atoms with Gasteiger partial charge in [0.25, 0.3) is 5.56 Å². The molecule has 0 fully saturated rings. The van der Waals surface area contributed by atoms with Gasteiger partial charge in [0.05, 0.1) is 0 Å². The molecule has 5 heteroatoms. The molecule has 0 saturated heterocycles. The minimum atomic E-state index is -0.580. The average molecular weight is 258 g/mol. The zero-order chi connectivity index (χ0) is 14.0. The number of hydrogen-bond donors (Lipinski definition) is 1. The minimum absolute atomic E-state index is 0.154. The first kappa shape index (κ1) is 13.0. The molecule has 1 N–H and O–H groups in total. The van der Waals surface area contributed by atoms with Crippen molar-refractivity contribution in [1.82, 2.24) is 9.78 Å². The number of aromatic hydroxyl groups is 1. The van der Waals surface area contributed by atoms with E-state index < -0.39 is 11.3 Å². The van der Waals surface area contributed by atoms with Crippen molar-refractivity contribution in [2.75, 3.05) is 0 Å². The molecule has 0 aliphatic carbocycles. The van der Waals surface area contributed by atoms with Gasteiger partial charge in [0, 0.05) is 19.0 Å². The highest BCUT2D eigenvalue weighted by Gasteiger charge is 2.21. The zero-order valence-electron chi connectivity index (χ0n) is 10.8. The van der Waals surface area contributed by atoms with Crippen LogP contribution in [0.4, 0.5) is 0 Å². The maximum absolute atomic E-state index is 11.9. The van der Waals surface area contributed by atoms with Gasteiger partial charge in [0.15, 0.2) is 11.5 Å². The largest absolute Gasteiger partial charge is 0.505 e. The number of Topliss-reactive ketones (excluding diaryl/α,β-unsaturated/α-hetero) is 1. The molecule has 0 unspecified atom stereocenters. The third kappa shape index (κ3) is 2.27. The van der Waals surface area contributed by atoms with Gasteiger partial charge in [-0.1, -0.05) is 37.3 Å². The molecule has 1 aromatic heterocycles. The quantitative estimate of drug-likeness (QED) is 0.851. The number of hydrogen-bond acceptors (Lipinski definition) is 4. The van der Waals surface area contributed by atoms with Gasteiger partial charge >= 0.3 is 0 Å². The molecule has 5 nitrogen and oxygen atoms in total. The molecule has 1 heterocycles. The molecule has 0 saturated carbocycles. The number of nitrogens with zero attached hydrogens (tertiary/aromatic N) is 2. The fourth-order valence-corrected chi connectivity index (χ4v) is 1.84. The molecule has 0 atom stereocenters. The summed E-state index contributed by atoms with van der Waals surface area (Å²) < 4.78 is 1.07. The summed E-state index contributed by atoms with van der Waals surface area (Å²) in [5.74, 6) is -0.737. The SMILES string of the molecule is CCC(=O)c1c(O)c(-c2ccccc2)nn(C)c1=O. The van der Waals surface area contributed by atoms with E-state index in [1.807, 2.05) is 6.07 Å². The Hall–Kier alpha value is -2.43. The van der Waals surface area contributed by atoms with E-state index in [-0.39, 0.29) is 23.4 Å². The maximum Gasteiger partial charge on any atom is 0.281 e. The molecule has 98 valence electrons. The van der Waals surface area contributed by atoms with Gasteiger partial charge in [0.1, 0.15) is 11.3 Å². The van der Waals surface area contributed by atoms with Gasteiger partial charge in [-0.2, -0.15) is 5.10 Å². The number of ketones is 1. The molecule has 0 amide bonds. The summed E-state index contributed by atoms with van der Waals surface area (Å²) in [5, 5.41) is 14.2. The van der Waals surface area contributed by atoms with Crippen LogP contribution in [0.1, 0.15) is 23.7 Å². The Morgan fingerprint density at radius 3 is 2.53 bits per heavy atom. The second-order valence-electron chi connectivity index (χ2n) is 4.14. The molecule has 2 aromatic rings. The van der Waals surface area contributed by atoms with E-state index in [9.17, 15) is 14.7 Å². The third-order valence-electron chi connectivity index (χ3n) is 2.87. The van der Waals surface area contributed by atoms with Crippen molar-refractivity contribution in [2.45, 2.75) is 13.3 Å². The molecular weight excluding hydrogens is 244 g/mol. The predicted octanol–water partition coefficient (Wildman–Crippen LogP) is 1.75. The zero-order valence-corrected chi connectivity index (χ0v) is 10.8. The normalized spacial score (nSPS) is 10.4. The summed E-state index contributed by atoms with van der Waals surface area (Å²) in [6.07, 6.45) is 0.154. The molecule has 1 aromatic carbocycles. The Kier molecular flexibility index (Phi) is 3.46. The van der Waals surface area contributed by atoms with Crippen LogP contribution in [0.5, 0.6) is 5.75 Å². The molecule has 0 bridgehead atoms. The summed E-state index contributed by atoms with van der Waals surface area (Å²) in [6.45, 7) is 1.64. The van der Waals surface area contributed by atoms with Crippen molar-refractivity contribution in [2.24, 2.45) is 7.05 Å². The van der Waals surface area contributed by atoms with Crippen molar-refractivity contribution in [3.8, 4) is 17.0 Å². The highest BCUT2D eigenvalue weighted by molar-refractivity contribution is 5.99. The lowest BCUT2D eigenvalue weighted by Crippen LogP contribution is -2.26. The fourth-order valence-electron chi connectivity index (χ4n) is 1.84. The molecule has 0 aliphatic rings. The molecule has 0 aliphatic heterocycles. The Morgan fingerprint density at radius 2 is 1.95 bits per heavy atom. The predicted molar refractivity (Wildman–Crippen MR) is 71.2 cm³/mol. The summed E-state index contributed by atoms with van der Waals surface area (Å²) in [5.41, 5.74) is 0.114. The van der Waals surface area contributed by atoms with Gasteiger partial charge in [-0.3, -0.25) is 9.59 Å². The lowest BCUT2D eigenvalue weighted by atomic mass is 10.1. The van der Waals surface area contributed by atoms with Crippen molar-refractivity contribution in [3.63, 3.8) is 0 Å².